The molecule has 0 amide bonds. The molecule has 0 fully saturated rings. The van der Waals surface area contributed by atoms with Gasteiger partial charge < -0.3 is 17.7 Å². The molecule has 0 aliphatic heterocycles. The van der Waals surface area contributed by atoms with Crippen molar-refractivity contribution in [2.24, 2.45) is 5.41 Å². The molecule has 2 nitrogen and oxygen atoms in total. The Hall–Kier alpha value is 0.701. The van der Waals surface area contributed by atoms with Crippen LogP contribution < -0.4 is 51.4 Å². The molecule has 0 aromatic carbocycles. The Morgan fingerprint density at radius 2 is 1.79 bits per heavy atom. The summed E-state index contributed by atoms with van der Waals surface area (Å²) in [6, 6.07) is 0. The first kappa shape index (κ1) is 17.1. The molecule has 0 aromatic heterocycles. The van der Waals surface area contributed by atoms with Gasteiger partial charge in [0.05, 0.1) is 12.5 Å². The summed E-state index contributed by atoms with van der Waals surface area (Å²) in [5.74, 6) is -0.597. The fourth-order valence-electron chi connectivity index (χ4n) is 0.681. The number of hydrogen-bond acceptors (Lipinski definition) is 2. The summed E-state index contributed by atoms with van der Waals surface area (Å²) < 4.78 is 39.7. The van der Waals surface area contributed by atoms with E-state index in [1.54, 1.807) is 0 Å². The molecule has 0 spiro atoms. The van der Waals surface area contributed by atoms with Crippen LogP contribution in [0.25, 0.3) is 0 Å². The normalized spacial score (nSPS) is 12.4. The van der Waals surface area contributed by atoms with Gasteiger partial charge in [-0.05, 0) is 13.8 Å². The van der Waals surface area contributed by atoms with Gasteiger partial charge in [0, 0.05) is 0 Å². The Labute approximate surface area is 124 Å². The molecule has 76 valence electrons. The zero-order valence-electron chi connectivity index (χ0n) is 8.68. The van der Waals surface area contributed by atoms with Crippen molar-refractivity contribution >= 4 is 12.9 Å². The van der Waals surface area contributed by atoms with Crippen LogP contribution in [0.4, 0.5) is 12.9 Å². The van der Waals surface area contributed by atoms with Crippen LogP contribution in [-0.2, 0) is 9.53 Å². The van der Waals surface area contributed by atoms with Gasteiger partial charge in [-0.25, -0.2) is 0 Å². The Morgan fingerprint density at radius 3 is 2.07 bits per heavy atom. The Bertz CT molecular complexity index is 225. The van der Waals surface area contributed by atoms with Gasteiger partial charge in [0.2, 0.25) is 0 Å². The molecule has 0 atom stereocenters. The molecular weight excluding hydrogens is 223 g/mol. The first-order valence-corrected chi connectivity index (χ1v) is 3.68. The average molecular weight is 234 g/mol. The van der Waals surface area contributed by atoms with Crippen LogP contribution in [0.2, 0.25) is 0 Å². The third kappa shape index (κ3) is 7.05. The molecule has 7 heteroatoms. The number of ether oxygens (including phenoxy) is 1. The zero-order chi connectivity index (χ0) is 10.7. The standard InChI is InChI=1S/C7H11BF3O2.K/c1-7(2,6(12)13-3)4-5-8(9,10)11;/h4-5H,1-3H3;/q-1;+1/b5-4+;. The summed E-state index contributed by atoms with van der Waals surface area (Å²) >= 11 is 0. The predicted octanol–water partition coefficient (Wildman–Crippen LogP) is -0.868. The monoisotopic (exact) mass is 234 g/mol. The Morgan fingerprint density at radius 1 is 1.36 bits per heavy atom. The van der Waals surface area contributed by atoms with E-state index in [2.05, 4.69) is 4.74 Å². The van der Waals surface area contributed by atoms with Gasteiger partial charge in [0.25, 0.3) is 0 Å². The maximum atomic E-state index is 11.8. The van der Waals surface area contributed by atoms with Crippen LogP contribution in [0.5, 0.6) is 0 Å². The Balaban J connectivity index is 0. The van der Waals surface area contributed by atoms with Crippen molar-refractivity contribution in [1.29, 1.82) is 0 Å². The molecule has 0 aromatic rings. The van der Waals surface area contributed by atoms with Gasteiger partial charge in [-0.3, -0.25) is 4.79 Å². The first-order valence-electron chi connectivity index (χ1n) is 3.68. The van der Waals surface area contributed by atoms with Crippen LogP contribution in [0.15, 0.2) is 12.1 Å². The van der Waals surface area contributed by atoms with E-state index in [0.29, 0.717) is 0 Å². The van der Waals surface area contributed by atoms with E-state index in [1.807, 2.05) is 0 Å². The molecule has 0 radical (unpaired) electrons. The maximum Gasteiger partial charge on any atom is 1.00 e. The topological polar surface area (TPSA) is 26.3 Å². The Kier molecular flexibility index (Phi) is 7.72. The third-order valence-corrected chi connectivity index (χ3v) is 1.44. The quantitative estimate of drug-likeness (QED) is 0.469. The van der Waals surface area contributed by atoms with E-state index in [1.165, 1.54) is 13.8 Å². The minimum Gasteiger partial charge on any atom is -0.468 e. The summed E-state index contributed by atoms with van der Waals surface area (Å²) in [4.78, 5) is 10.9. The fourth-order valence-corrected chi connectivity index (χ4v) is 0.681. The van der Waals surface area contributed by atoms with E-state index < -0.39 is 18.4 Å². The maximum absolute atomic E-state index is 11.8. The number of rotatable bonds is 3. The van der Waals surface area contributed by atoms with Crippen molar-refractivity contribution < 1.29 is 73.9 Å². The van der Waals surface area contributed by atoms with E-state index in [9.17, 15) is 17.7 Å². The molecule has 0 heterocycles. The average Bonchev–Trinajstić information content (AvgIpc) is 1.98. The molecule has 14 heavy (non-hydrogen) atoms. The zero-order valence-corrected chi connectivity index (χ0v) is 11.8. The van der Waals surface area contributed by atoms with Crippen LogP contribution in [0.3, 0.4) is 0 Å². The third-order valence-electron chi connectivity index (χ3n) is 1.44. The van der Waals surface area contributed by atoms with Crippen LogP contribution >= 0.6 is 0 Å². The minimum absolute atomic E-state index is 0. The van der Waals surface area contributed by atoms with Gasteiger partial charge in [0.1, 0.15) is 0 Å². The largest absolute Gasteiger partial charge is 1.00 e. The number of hydrogen-bond donors (Lipinski definition) is 0. The van der Waals surface area contributed by atoms with Gasteiger partial charge >= 0.3 is 64.3 Å². The smallest absolute Gasteiger partial charge is 0.468 e. The van der Waals surface area contributed by atoms with Gasteiger partial charge in [0.15, 0.2) is 0 Å². The molecule has 0 bridgehead atoms. The SMILES string of the molecule is COC(=O)C(C)(C)/C=C/[B-](F)(F)F.[K+]. The molecule has 0 unspecified atom stereocenters. The van der Waals surface area contributed by atoms with Crippen molar-refractivity contribution in [1.82, 2.24) is 0 Å². The number of carbonyl (C=O) groups is 1. The second-order valence-electron chi connectivity index (χ2n) is 3.20. The van der Waals surface area contributed by atoms with E-state index in [-0.39, 0.29) is 57.4 Å². The van der Waals surface area contributed by atoms with Crippen molar-refractivity contribution in [2.75, 3.05) is 7.11 Å². The van der Waals surface area contributed by atoms with Crippen LogP contribution in [0, 0.1) is 5.41 Å². The van der Waals surface area contributed by atoms with Gasteiger partial charge in [-0.15, -0.1) is 12.1 Å². The second-order valence-corrected chi connectivity index (χ2v) is 3.20. The molecule has 0 rings (SSSR count). The number of esters is 1. The van der Waals surface area contributed by atoms with Crippen LogP contribution in [-0.4, -0.2) is 20.1 Å². The molecule has 0 saturated heterocycles. The minimum atomic E-state index is -4.99. The van der Waals surface area contributed by atoms with Crippen molar-refractivity contribution in [3.8, 4) is 0 Å². The second kappa shape index (κ2) is 6.32. The van der Waals surface area contributed by atoms with Gasteiger partial charge in [-0.2, -0.15) is 0 Å². The summed E-state index contributed by atoms with van der Waals surface area (Å²) in [5.41, 5.74) is -1.23. The summed E-state index contributed by atoms with van der Waals surface area (Å²) in [6.45, 7) is -2.27. The van der Waals surface area contributed by atoms with E-state index in [0.717, 1.165) is 13.2 Å². The van der Waals surface area contributed by atoms with Crippen molar-refractivity contribution in [2.45, 2.75) is 13.8 Å². The van der Waals surface area contributed by atoms with Crippen LogP contribution in [0.1, 0.15) is 13.8 Å². The van der Waals surface area contributed by atoms with E-state index in [4.69, 9.17) is 0 Å². The summed E-state index contributed by atoms with van der Waals surface area (Å²) in [6.07, 6.45) is 0.804. The molecule has 0 saturated carbocycles. The summed E-state index contributed by atoms with van der Waals surface area (Å²) in [7, 11) is 1.14. The molecule has 0 N–H and O–H groups in total. The molecular formula is C7H11BF3KO2. The molecule has 0 aliphatic carbocycles. The first-order chi connectivity index (χ1) is 5.69. The fraction of sp³-hybridized carbons (Fsp3) is 0.571. The van der Waals surface area contributed by atoms with Gasteiger partial charge in [-0.1, -0.05) is 0 Å². The number of methoxy groups -OCH3 is 1. The molecule has 0 aliphatic rings. The predicted molar refractivity (Wildman–Crippen MR) is 44.0 cm³/mol. The number of halogens is 3. The van der Waals surface area contributed by atoms with Crippen molar-refractivity contribution in [3.63, 3.8) is 0 Å². The summed E-state index contributed by atoms with van der Waals surface area (Å²) in [5, 5.41) is 0. The van der Waals surface area contributed by atoms with Crippen molar-refractivity contribution in [3.05, 3.63) is 12.1 Å². The van der Waals surface area contributed by atoms with E-state index >= 15 is 0 Å². The number of carbonyl (C=O) groups excluding carboxylic acids is 1.